The van der Waals surface area contributed by atoms with Crippen molar-refractivity contribution in [3.63, 3.8) is 0 Å². The monoisotopic (exact) mass is 233 g/mol. The molecule has 1 saturated heterocycles. The van der Waals surface area contributed by atoms with Gasteiger partial charge in [-0.2, -0.15) is 10.4 Å². The van der Waals surface area contributed by atoms with Crippen LogP contribution in [0.1, 0.15) is 25.8 Å². The number of nitrogens with zero attached hydrogens (tertiary/aromatic N) is 5. The normalized spacial score (nSPS) is 21.9. The number of carbonyl (C=O) groups is 1. The Labute approximate surface area is 99.9 Å². The van der Waals surface area contributed by atoms with Gasteiger partial charge in [0.05, 0.1) is 12.0 Å². The van der Waals surface area contributed by atoms with Gasteiger partial charge >= 0.3 is 0 Å². The van der Waals surface area contributed by atoms with Crippen LogP contribution in [0.25, 0.3) is 0 Å². The second-order valence-electron chi connectivity index (χ2n) is 4.30. The van der Waals surface area contributed by atoms with Crippen molar-refractivity contribution in [1.82, 2.24) is 19.7 Å². The van der Waals surface area contributed by atoms with Gasteiger partial charge < -0.3 is 4.90 Å². The summed E-state index contributed by atoms with van der Waals surface area (Å²) in [5.74, 6) is -0.0221. The molecule has 0 aromatic carbocycles. The van der Waals surface area contributed by atoms with Gasteiger partial charge in [-0.1, -0.05) is 0 Å². The first-order valence-corrected chi connectivity index (χ1v) is 5.75. The van der Waals surface area contributed by atoms with Crippen molar-refractivity contribution in [2.75, 3.05) is 13.1 Å². The zero-order chi connectivity index (χ0) is 12.3. The third-order valence-electron chi connectivity index (χ3n) is 3.11. The van der Waals surface area contributed by atoms with Gasteiger partial charge in [0.2, 0.25) is 5.91 Å². The first-order valence-electron chi connectivity index (χ1n) is 5.75. The molecule has 1 aromatic heterocycles. The topological polar surface area (TPSA) is 74.8 Å². The molecule has 1 aromatic rings. The minimum atomic E-state index is -0.352. The Morgan fingerprint density at radius 3 is 3.12 bits per heavy atom. The van der Waals surface area contributed by atoms with Gasteiger partial charge in [-0.15, -0.1) is 0 Å². The van der Waals surface area contributed by atoms with Crippen molar-refractivity contribution < 1.29 is 4.79 Å². The van der Waals surface area contributed by atoms with E-state index in [0.717, 1.165) is 19.4 Å². The van der Waals surface area contributed by atoms with E-state index in [4.69, 9.17) is 5.26 Å². The van der Waals surface area contributed by atoms with Crippen LogP contribution in [0.15, 0.2) is 12.7 Å². The summed E-state index contributed by atoms with van der Waals surface area (Å²) in [5.41, 5.74) is 0. The number of piperidine rings is 1. The van der Waals surface area contributed by atoms with E-state index in [9.17, 15) is 4.79 Å². The molecule has 0 bridgehead atoms. The van der Waals surface area contributed by atoms with E-state index in [1.54, 1.807) is 16.5 Å². The quantitative estimate of drug-likeness (QED) is 0.749. The number of likely N-dealkylation sites (tertiary alicyclic amines) is 1. The summed E-state index contributed by atoms with van der Waals surface area (Å²) in [6.07, 6.45) is 4.73. The number of nitriles is 1. The predicted molar refractivity (Wildman–Crippen MR) is 59.7 cm³/mol. The lowest BCUT2D eigenvalue weighted by molar-refractivity contribution is -0.136. The highest BCUT2D eigenvalue weighted by Gasteiger charge is 2.27. The van der Waals surface area contributed by atoms with E-state index >= 15 is 0 Å². The minimum Gasteiger partial charge on any atom is -0.340 e. The van der Waals surface area contributed by atoms with Crippen LogP contribution in [0.3, 0.4) is 0 Å². The molecule has 2 rings (SSSR count). The molecule has 2 atom stereocenters. The molecule has 1 fully saturated rings. The van der Waals surface area contributed by atoms with Gasteiger partial charge in [-0.05, 0) is 19.8 Å². The van der Waals surface area contributed by atoms with Crippen LogP contribution in [-0.4, -0.2) is 38.7 Å². The number of amides is 1. The third kappa shape index (κ3) is 2.44. The average Bonchev–Trinajstić information content (AvgIpc) is 2.91. The minimum absolute atomic E-state index is 0.00968. The van der Waals surface area contributed by atoms with Crippen LogP contribution in [0, 0.1) is 17.2 Å². The van der Waals surface area contributed by atoms with E-state index in [1.165, 1.54) is 12.7 Å². The Kier molecular flexibility index (Phi) is 3.38. The molecule has 2 heterocycles. The smallest absolute Gasteiger partial charge is 0.247 e. The molecule has 0 saturated carbocycles. The largest absolute Gasteiger partial charge is 0.340 e. The van der Waals surface area contributed by atoms with Crippen molar-refractivity contribution in [2.45, 2.75) is 25.8 Å². The molecule has 1 aliphatic rings. The summed E-state index contributed by atoms with van der Waals surface area (Å²) in [7, 11) is 0. The molecule has 17 heavy (non-hydrogen) atoms. The maximum absolute atomic E-state index is 12.2. The number of aromatic nitrogens is 3. The molecular formula is C11H15N5O. The van der Waals surface area contributed by atoms with Crippen LogP contribution in [-0.2, 0) is 4.79 Å². The van der Waals surface area contributed by atoms with Crippen molar-refractivity contribution in [3.8, 4) is 6.07 Å². The Bertz CT molecular complexity index is 422. The fourth-order valence-electron chi connectivity index (χ4n) is 2.08. The van der Waals surface area contributed by atoms with Crippen LogP contribution >= 0.6 is 0 Å². The number of carbonyl (C=O) groups excluding carboxylic acids is 1. The zero-order valence-electron chi connectivity index (χ0n) is 9.78. The standard InChI is InChI=1S/C11H15N5O/c1-9(16-8-13-7-14-16)11(17)15-4-2-3-10(5-12)6-15/h7-10H,2-4,6H2,1H3. The van der Waals surface area contributed by atoms with Crippen LogP contribution < -0.4 is 0 Å². The molecule has 0 radical (unpaired) electrons. The highest BCUT2D eigenvalue weighted by molar-refractivity contribution is 5.80. The second kappa shape index (κ2) is 4.95. The lowest BCUT2D eigenvalue weighted by Gasteiger charge is -2.31. The summed E-state index contributed by atoms with van der Waals surface area (Å²) in [4.78, 5) is 17.8. The molecule has 1 amide bonds. The van der Waals surface area contributed by atoms with Crippen LogP contribution in [0.2, 0.25) is 0 Å². The number of rotatable bonds is 2. The van der Waals surface area contributed by atoms with E-state index in [2.05, 4.69) is 16.2 Å². The van der Waals surface area contributed by atoms with Crippen molar-refractivity contribution in [2.24, 2.45) is 5.92 Å². The van der Waals surface area contributed by atoms with Gasteiger partial charge in [0, 0.05) is 13.1 Å². The van der Waals surface area contributed by atoms with Gasteiger partial charge in [-0.25, -0.2) is 9.67 Å². The Morgan fingerprint density at radius 1 is 1.65 bits per heavy atom. The molecule has 0 aliphatic carbocycles. The Hall–Kier alpha value is -1.90. The molecular weight excluding hydrogens is 218 g/mol. The zero-order valence-corrected chi connectivity index (χ0v) is 9.78. The second-order valence-corrected chi connectivity index (χ2v) is 4.30. The summed E-state index contributed by atoms with van der Waals surface area (Å²) in [6, 6.07) is 1.88. The van der Waals surface area contributed by atoms with Gasteiger partial charge in [0.15, 0.2) is 0 Å². The Morgan fingerprint density at radius 2 is 2.47 bits per heavy atom. The average molecular weight is 233 g/mol. The molecule has 6 nitrogen and oxygen atoms in total. The van der Waals surface area contributed by atoms with E-state index < -0.39 is 0 Å². The van der Waals surface area contributed by atoms with Gasteiger partial charge in [0.25, 0.3) is 0 Å². The van der Waals surface area contributed by atoms with Gasteiger partial charge in [-0.3, -0.25) is 4.79 Å². The first kappa shape index (κ1) is 11.6. The van der Waals surface area contributed by atoms with E-state index in [0.29, 0.717) is 6.54 Å². The lowest BCUT2D eigenvalue weighted by atomic mass is 9.99. The maximum atomic E-state index is 12.2. The maximum Gasteiger partial charge on any atom is 0.247 e. The van der Waals surface area contributed by atoms with E-state index in [-0.39, 0.29) is 17.9 Å². The van der Waals surface area contributed by atoms with Crippen LogP contribution in [0.5, 0.6) is 0 Å². The summed E-state index contributed by atoms with van der Waals surface area (Å²) in [5, 5.41) is 12.9. The highest BCUT2D eigenvalue weighted by Crippen LogP contribution is 2.18. The molecule has 0 N–H and O–H groups in total. The first-order chi connectivity index (χ1) is 8.22. The summed E-state index contributed by atoms with van der Waals surface area (Å²) >= 11 is 0. The van der Waals surface area contributed by atoms with E-state index in [1.807, 2.05) is 0 Å². The van der Waals surface area contributed by atoms with Crippen molar-refractivity contribution >= 4 is 5.91 Å². The fraction of sp³-hybridized carbons (Fsp3) is 0.636. The summed E-state index contributed by atoms with van der Waals surface area (Å²) in [6.45, 7) is 3.07. The SMILES string of the molecule is CC(C(=O)N1CCCC(C#N)C1)n1cncn1. The fourth-order valence-corrected chi connectivity index (χ4v) is 2.08. The summed E-state index contributed by atoms with van der Waals surface area (Å²) < 4.78 is 1.54. The molecule has 0 spiro atoms. The predicted octanol–water partition coefficient (Wildman–Crippen LogP) is 0.601. The van der Waals surface area contributed by atoms with Crippen molar-refractivity contribution in [3.05, 3.63) is 12.7 Å². The third-order valence-corrected chi connectivity index (χ3v) is 3.11. The molecule has 90 valence electrons. The number of hydrogen-bond acceptors (Lipinski definition) is 4. The number of hydrogen-bond donors (Lipinski definition) is 0. The van der Waals surface area contributed by atoms with Crippen molar-refractivity contribution in [1.29, 1.82) is 5.26 Å². The lowest BCUT2D eigenvalue weighted by Crippen LogP contribution is -2.42. The molecule has 6 heteroatoms. The van der Waals surface area contributed by atoms with Crippen LogP contribution in [0.4, 0.5) is 0 Å². The highest BCUT2D eigenvalue weighted by atomic mass is 16.2. The Balaban J connectivity index is 2.02. The molecule has 2 unspecified atom stereocenters. The molecule has 1 aliphatic heterocycles. The van der Waals surface area contributed by atoms with Gasteiger partial charge in [0.1, 0.15) is 18.7 Å².